The van der Waals surface area contributed by atoms with Crippen molar-refractivity contribution in [3.05, 3.63) is 58.5 Å². The van der Waals surface area contributed by atoms with Crippen LogP contribution in [0.3, 0.4) is 0 Å². The number of ether oxygens (including phenoxy) is 1. The van der Waals surface area contributed by atoms with Gasteiger partial charge in [0.15, 0.2) is 4.34 Å². The largest absolute Gasteiger partial charge is 0.497 e. The molecule has 9 heteroatoms. The predicted octanol–water partition coefficient (Wildman–Crippen LogP) is 4.70. The van der Waals surface area contributed by atoms with Crippen LogP contribution in [0, 0.1) is 0 Å². The average Bonchev–Trinajstić information content (AvgIpc) is 3.33. The van der Waals surface area contributed by atoms with Gasteiger partial charge in [0.2, 0.25) is 5.01 Å². The first-order chi connectivity index (χ1) is 13.2. The topological polar surface area (TPSA) is 77.0 Å². The fourth-order valence-corrected chi connectivity index (χ4v) is 5.09. The Balaban J connectivity index is 1.37. The summed E-state index contributed by atoms with van der Waals surface area (Å²) in [5, 5.41) is 12.1. The number of nitrogens with one attached hydrogen (secondary N) is 1. The molecule has 27 heavy (non-hydrogen) atoms. The molecule has 1 amide bonds. The number of thioether (sulfide) groups is 1. The highest BCUT2D eigenvalue weighted by atomic mass is 32.2. The SMILES string of the molecule is COc1ccc(NC(=O)c2nnc(CSc3nc4ccccc4s3)s2)cc1. The van der Waals surface area contributed by atoms with Gasteiger partial charge in [-0.05, 0) is 36.4 Å². The Bertz CT molecular complexity index is 1040. The van der Waals surface area contributed by atoms with Gasteiger partial charge in [0.25, 0.3) is 5.91 Å². The molecule has 0 fully saturated rings. The second-order valence-electron chi connectivity index (χ2n) is 5.42. The monoisotopic (exact) mass is 414 g/mol. The summed E-state index contributed by atoms with van der Waals surface area (Å²) in [6.07, 6.45) is 0. The van der Waals surface area contributed by atoms with E-state index < -0.39 is 0 Å². The van der Waals surface area contributed by atoms with E-state index in [9.17, 15) is 4.79 Å². The van der Waals surface area contributed by atoms with Gasteiger partial charge in [-0.1, -0.05) is 35.2 Å². The first-order valence-corrected chi connectivity index (χ1v) is 10.6. The second-order valence-corrected chi connectivity index (χ2v) is 8.73. The molecule has 0 saturated heterocycles. The standard InChI is InChI=1S/C18H14N4O2S3/c1-24-12-8-6-11(7-9-12)19-16(23)17-22-21-15(27-17)10-25-18-20-13-4-2-3-5-14(13)26-18/h2-9H,10H2,1H3,(H,19,23). The van der Waals surface area contributed by atoms with Gasteiger partial charge in [0.05, 0.1) is 23.1 Å². The molecular formula is C18H14N4O2S3. The first-order valence-electron chi connectivity index (χ1n) is 7.97. The number of carbonyl (C=O) groups excluding carboxylic acids is 1. The number of nitrogens with zero attached hydrogens (tertiary/aromatic N) is 3. The van der Waals surface area contributed by atoms with Crippen LogP contribution in [-0.4, -0.2) is 28.2 Å². The molecule has 1 N–H and O–H groups in total. The summed E-state index contributed by atoms with van der Waals surface area (Å²) in [4.78, 5) is 16.9. The number of hydrogen-bond donors (Lipinski definition) is 1. The summed E-state index contributed by atoms with van der Waals surface area (Å²) < 4.78 is 7.25. The number of amides is 1. The maximum absolute atomic E-state index is 12.3. The van der Waals surface area contributed by atoms with Crippen LogP contribution in [0.4, 0.5) is 5.69 Å². The van der Waals surface area contributed by atoms with Crippen molar-refractivity contribution in [2.75, 3.05) is 12.4 Å². The Labute approximate surface area is 167 Å². The minimum absolute atomic E-state index is 0.270. The van der Waals surface area contributed by atoms with Gasteiger partial charge in [-0.15, -0.1) is 21.5 Å². The van der Waals surface area contributed by atoms with E-state index in [-0.39, 0.29) is 5.91 Å². The number of para-hydroxylation sites is 1. The molecule has 6 nitrogen and oxygen atoms in total. The van der Waals surface area contributed by atoms with Gasteiger partial charge in [-0.25, -0.2) is 4.98 Å². The van der Waals surface area contributed by atoms with Gasteiger partial charge in [-0.3, -0.25) is 4.79 Å². The first kappa shape index (κ1) is 17.9. The lowest BCUT2D eigenvalue weighted by molar-refractivity contribution is 0.102. The molecule has 2 aromatic carbocycles. The smallest absolute Gasteiger partial charge is 0.286 e. The molecule has 0 spiro atoms. The molecule has 0 aliphatic carbocycles. The van der Waals surface area contributed by atoms with E-state index in [0.29, 0.717) is 16.4 Å². The molecule has 0 atom stereocenters. The average molecular weight is 415 g/mol. The lowest BCUT2D eigenvalue weighted by Gasteiger charge is -2.03. The minimum atomic E-state index is -0.270. The third-order valence-electron chi connectivity index (χ3n) is 3.60. The quantitative estimate of drug-likeness (QED) is 0.461. The molecule has 0 aliphatic rings. The molecular weight excluding hydrogens is 400 g/mol. The number of hydrogen-bond acceptors (Lipinski definition) is 8. The maximum atomic E-state index is 12.3. The van der Waals surface area contributed by atoms with Gasteiger partial charge in [0, 0.05) is 5.69 Å². The maximum Gasteiger partial charge on any atom is 0.286 e. The molecule has 2 heterocycles. The summed E-state index contributed by atoms with van der Waals surface area (Å²) in [7, 11) is 1.60. The summed E-state index contributed by atoms with van der Waals surface area (Å²) in [6.45, 7) is 0. The number of anilines is 1. The molecule has 2 aromatic heterocycles. The minimum Gasteiger partial charge on any atom is -0.497 e. The Hall–Kier alpha value is -2.49. The fourth-order valence-electron chi connectivity index (χ4n) is 2.30. The van der Waals surface area contributed by atoms with Crippen LogP contribution in [0.15, 0.2) is 52.9 Å². The Morgan fingerprint density at radius 1 is 1.11 bits per heavy atom. The number of methoxy groups -OCH3 is 1. The number of fused-ring (bicyclic) bond motifs is 1. The highest BCUT2D eigenvalue weighted by Gasteiger charge is 2.14. The van der Waals surface area contributed by atoms with Gasteiger partial charge < -0.3 is 10.1 Å². The van der Waals surface area contributed by atoms with Gasteiger partial charge in [-0.2, -0.15) is 0 Å². The van der Waals surface area contributed by atoms with Crippen molar-refractivity contribution in [3.63, 3.8) is 0 Å². The van der Waals surface area contributed by atoms with Crippen molar-refractivity contribution in [2.24, 2.45) is 0 Å². The molecule has 4 rings (SSSR count). The highest BCUT2D eigenvalue weighted by molar-refractivity contribution is 8.00. The lowest BCUT2D eigenvalue weighted by atomic mass is 10.3. The summed E-state index contributed by atoms with van der Waals surface area (Å²) in [5.74, 6) is 1.10. The molecule has 0 unspecified atom stereocenters. The third kappa shape index (κ3) is 4.26. The summed E-state index contributed by atoms with van der Waals surface area (Å²) >= 11 is 4.55. The molecule has 0 aliphatic heterocycles. The highest BCUT2D eigenvalue weighted by Crippen LogP contribution is 2.32. The number of carbonyl (C=O) groups is 1. The zero-order valence-corrected chi connectivity index (χ0v) is 16.7. The third-order valence-corrected chi connectivity index (χ3v) is 6.90. The number of benzene rings is 2. The van der Waals surface area contributed by atoms with E-state index in [2.05, 4.69) is 26.6 Å². The van der Waals surface area contributed by atoms with Crippen molar-refractivity contribution in [2.45, 2.75) is 10.1 Å². The summed E-state index contributed by atoms with van der Waals surface area (Å²) in [6, 6.07) is 15.2. The fraction of sp³-hybridized carbons (Fsp3) is 0.111. The Kier molecular flexibility index (Phi) is 5.33. The van der Waals surface area contributed by atoms with E-state index >= 15 is 0 Å². The normalized spacial score (nSPS) is 10.9. The van der Waals surface area contributed by atoms with Crippen molar-refractivity contribution in [1.29, 1.82) is 0 Å². The summed E-state index contributed by atoms with van der Waals surface area (Å²) in [5.41, 5.74) is 1.68. The van der Waals surface area contributed by atoms with Crippen LogP contribution < -0.4 is 10.1 Å². The van der Waals surface area contributed by atoms with Crippen molar-refractivity contribution < 1.29 is 9.53 Å². The van der Waals surface area contributed by atoms with Crippen LogP contribution >= 0.6 is 34.4 Å². The van der Waals surface area contributed by atoms with Crippen LogP contribution in [-0.2, 0) is 5.75 Å². The molecule has 0 bridgehead atoms. The van der Waals surface area contributed by atoms with Crippen molar-refractivity contribution in [1.82, 2.24) is 15.2 Å². The van der Waals surface area contributed by atoms with E-state index in [1.807, 2.05) is 18.2 Å². The van der Waals surface area contributed by atoms with E-state index in [0.717, 1.165) is 25.3 Å². The lowest BCUT2D eigenvalue weighted by Crippen LogP contribution is -2.11. The zero-order chi connectivity index (χ0) is 18.6. The zero-order valence-electron chi connectivity index (χ0n) is 14.2. The van der Waals surface area contributed by atoms with Crippen LogP contribution in [0.2, 0.25) is 0 Å². The number of rotatable bonds is 6. The second kappa shape index (κ2) is 8.03. The van der Waals surface area contributed by atoms with E-state index in [4.69, 9.17) is 4.74 Å². The van der Waals surface area contributed by atoms with Crippen LogP contribution in [0.1, 0.15) is 14.8 Å². The van der Waals surface area contributed by atoms with Crippen LogP contribution in [0.25, 0.3) is 10.2 Å². The molecule has 136 valence electrons. The van der Waals surface area contributed by atoms with E-state index in [1.54, 1.807) is 54.5 Å². The number of thiazole rings is 1. The Morgan fingerprint density at radius 2 is 1.93 bits per heavy atom. The molecule has 0 saturated carbocycles. The van der Waals surface area contributed by atoms with Crippen LogP contribution in [0.5, 0.6) is 5.75 Å². The predicted molar refractivity (Wildman–Crippen MR) is 110 cm³/mol. The molecule has 4 aromatic rings. The van der Waals surface area contributed by atoms with Gasteiger partial charge in [0.1, 0.15) is 10.8 Å². The van der Waals surface area contributed by atoms with Crippen molar-refractivity contribution >= 4 is 56.2 Å². The number of aromatic nitrogens is 3. The van der Waals surface area contributed by atoms with Crippen molar-refractivity contribution in [3.8, 4) is 5.75 Å². The molecule has 0 radical (unpaired) electrons. The van der Waals surface area contributed by atoms with E-state index in [1.165, 1.54) is 11.3 Å². The Morgan fingerprint density at radius 3 is 2.70 bits per heavy atom. The van der Waals surface area contributed by atoms with Gasteiger partial charge >= 0.3 is 0 Å².